The van der Waals surface area contributed by atoms with Crippen molar-refractivity contribution in [1.82, 2.24) is 20.2 Å². The summed E-state index contributed by atoms with van der Waals surface area (Å²) >= 11 is 0. The Kier molecular flexibility index (Phi) is 9.21. The molecular formula is C17H26IN5O. The van der Waals surface area contributed by atoms with Crippen LogP contribution in [0.25, 0.3) is 0 Å². The molecule has 2 heterocycles. The molecule has 6 nitrogen and oxygen atoms in total. The Balaban J connectivity index is 0.00000288. The average Bonchev–Trinajstić information content (AvgIpc) is 3.05. The molecule has 0 fully saturated rings. The number of aromatic nitrogens is 2. The average molecular weight is 443 g/mol. The number of ether oxygens (including phenoxy) is 1. The summed E-state index contributed by atoms with van der Waals surface area (Å²) in [7, 11) is 1.77. The molecule has 24 heavy (non-hydrogen) atoms. The molecule has 0 aliphatic heterocycles. The van der Waals surface area contributed by atoms with Gasteiger partial charge in [0.05, 0.1) is 6.10 Å². The summed E-state index contributed by atoms with van der Waals surface area (Å²) in [5, 5.41) is 6.56. The molecule has 0 aliphatic rings. The number of nitrogens with one attached hydrogen (secondary N) is 2. The highest BCUT2D eigenvalue weighted by atomic mass is 127. The Labute approximate surface area is 160 Å². The minimum absolute atomic E-state index is 0. The van der Waals surface area contributed by atoms with E-state index < -0.39 is 0 Å². The number of hydrogen-bond acceptors (Lipinski definition) is 3. The van der Waals surface area contributed by atoms with Crippen molar-refractivity contribution in [3.63, 3.8) is 0 Å². The summed E-state index contributed by atoms with van der Waals surface area (Å²) in [6.45, 7) is 6.35. The van der Waals surface area contributed by atoms with Gasteiger partial charge in [0, 0.05) is 51.3 Å². The Hall–Kier alpha value is -1.77. The van der Waals surface area contributed by atoms with Gasteiger partial charge in [0.2, 0.25) is 5.88 Å². The minimum atomic E-state index is 0. The first-order chi connectivity index (χ1) is 11.2. The summed E-state index contributed by atoms with van der Waals surface area (Å²) in [5.41, 5.74) is 1.08. The van der Waals surface area contributed by atoms with Gasteiger partial charge in [-0.15, -0.1) is 24.0 Å². The van der Waals surface area contributed by atoms with Gasteiger partial charge in [-0.2, -0.15) is 0 Å². The fraction of sp³-hybridized carbons (Fsp3) is 0.412. The molecule has 0 bridgehead atoms. The fourth-order valence-electron chi connectivity index (χ4n) is 2.06. The van der Waals surface area contributed by atoms with E-state index in [1.807, 2.05) is 56.7 Å². The number of halogens is 1. The predicted octanol–water partition coefficient (Wildman–Crippen LogP) is 2.65. The number of guanidine groups is 1. The predicted molar refractivity (Wildman–Crippen MR) is 108 cm³/mol. The molecule has 2 aromatic rings. The van der Waals surface area contributed by atoms with Crippen LogP contribution in [0.2, 0.25) is 0 Å². The molecule has 7 heteroatoms. The van der Waals surface area contributed by atoms with Gasteiger partial charge in [0.15, 0.2) is 5.96 Å². The van der Waals surface area contributed by atoms with E-state index in [9.17, 15) is 0 Å². The maximum absolute atomic E-state index is 5.53. The van der Waals surface area contributed by atoms with Crippen LogP contribution in [0.15, 0.2) is 47.8 Å². The van der Waals surface area contributed by atoms with Crippen LogP contribution in [-0.4, -0.2) is 35.2 Å². The second-order valence-corrected chi connectivity index (χ2v) is 5.44. The number of pyridine rings is 1. The van der Waals surface area contributed by atoms with E-state index in [1.54, 1.807) is 7.05 Å². The van der Waals surface area contributed by atoms with Crippen LogP contribution in [0, 0.1) is 0 Å². The van der Waals surface area contributed by atoms with Crippen molar-refractivity contribution >= 4 is 29.9 Å². The lowest BCUT2D eigenvalue weighted by atomic mass is 10.3. The number of rotatable bonds is 7. The first kappa shape index (κ1) is 20.3. The monoisotopic (exact) mass is 443 g/mol. The number of nitrogens with zero attached hydrogens (tertiary/aromatic N) is 3. The Bertz CT molecular complexity index is 596. The summed E-state index contributed by atoms with van der Waals surface area (Å²) in [6, 6.07) is 7.93. The van der Waals surface area contributed by atoms with Crippen molar-refractivity contribution in [3.05, 3.63) is 48.4 Å². The highest BCUT2D eigenvalue weighted by Crippen LogP contribution is 2.09. The van der Waals surface area contributed by atoms with Gasteiger partial charge in [-0.3, -0.25) is 4.99 Å². The molecule has 2 rings (SSSR count). The van der Waals surface area contributed by atoms with Crippen molar-refractivity contribution in [2.75, 3.05) is 13.6 Å². The third kappa shape index (κ3) is 7.20. The summed E-state index contributed by atoms with van der Waals surface area (Å²) < 4.78 is 7.66. The van der Waals surface area contributed by atoms with E-state index in [-0.39, 0.29) is 30.1 Å². The third-order valence-corrected chi connectivity index (χ3v) is 3.17. The molecule has 0 aliphatic carbocycles. The van der Waals surface area contributed by atoms with E-state index in [0.717, 1.165) is 24.6 Å². The van der Waals surface area contributed by atoms with E-state index in [0.29, 0.717) is 12.4 Å². The quantitative estimate of drug-likeness (QED) is 0.393. The molecule has 0 unspecified atom stereocenters. The fourth-order valence-corrected chi connectivity index (χ4v) is 2.06. The van der Waals surface area contributed by atoms with Gasteiger partial charge in [-0.1, -0.05) is 6.07 Å². The molecule has 0 amide bonds. The van der Waals surface area contributed by atoms with Crippen LogP contribution in [0.4, 0.5) is 0 Å². The van der Waals surface area contributed by atoms with Crippen molar-refractivity contribution in [1.29, 1.82) is 0 Å². The van der Waals surface area contributed by atoms with Crippen molar-refractivity contribution < 1.29 is 4.74 Å². The van der Waals surface area contributed by atoms with E-state index in [2.05, 4.69) is 25.2 Å². The lowest BCUT2D eigenvalue weighted by Crippen LogP contribution is -2.38. The Morgan fingerprint density at radius 1 is 1.25 bits per heavy atom. The molecule has 0 radical (unpaired) electrons. The molecule has 0 aromatic carbocycles. The molecular weight excluding hydrogens is 417 g/mol. The lowest BCUT2D eigenvalue weighted by molar-refractivity contribution is 0.232. The SMILES string of the molecule is CN=C(NCCn1cccc1)NCc1ccc(OC(C)C)nc1.I. The van der Waals surface area contributed by atoms with Crippen molar-refractivity contribution in [2.24, 2.45) is 4.99 Å². The number of aliphatic imine (C=N–C) groups is 1. The van der Waals surface area contributed by atoms with Gasteiger partial charge in [0.1, 0.15) is 0 Å². The minimum Gasteiger partial charge on any atom is -0.475 e. The summed E-state index contributed by atoms with van der Waals surface area (Å²) in [4.78, 5) is 8.51. The zero-order valence-corrected chi connectivity index (χ0v) is 16.7. The Morgan fingerprint density at radius 3 is 2.58 bits per heavy atom. The lowest BCUT2D eigenvalue weighted by Gasteiger charge is -2.13. The van der Waals surface area contributed by atoms with Crippen LogP contribution in [-0.2, 0) is 13.1 Å². The van der Waals surface area contributed by atoms with E-state index in [1.165, 1.54) is 0 Å². The van der Waals surface area contributed by atoms with Gasteiger partial charge >= 0.3 is 0 Å². The summed E-state index contributed by atoms with van der Waals surface area (Å²) in [5.74, 6) is 1.43. The first-order valence-corrected chi connectivity index (χ1v) is 7.84. The second kappa shape index (κ2) is 10.9. The molecule has 2 N–H and O–H groups in total. The topological polar surface area (TPSA) is 63.5 Å². The maximum Gasteiger partial charge on any atom is 0.213 e. The molecule has 132 valence electrons. The van der Waals surface area contributed by atoms with Crippen LogP contribution in [0.1, 0.15) is 19.4 Å². The van der Waals surface area contributed by atoms with Gasteiger partial charge in [-0.05, 0) is 31.5 Å². The van der Waals surface area contributed by atoms with E-state index >= 15 is 0 Å². The van der Waals surface area contributed by atoms with Gasteiger partial charge in [-0.25, -0.2) is 4.98 Å². The standard InChI is InChI=1S/C17H25N5O.HI/c1-14(2)23-16-7-6-15(12-20-16)13-21-17(18-3)19-8-11-22-9-4-5-10-22;/h4-7,9-10,12,14H,8,11,13H2,1-3H3,(H2,18,19,21);1H. The molecule has 0 atom stereocenters. The molecule has 0 saturated heterocycles. The zero-order chi connectivity index (χ0) is 16.5. The third-order valence-electron chi connectivity index (χ3n) is 3.17. The smallest absolute Gasteiger partial charge is 0.213 e. The van der Waals surface area contributed by atoms with Crippen molar-refractivity contribution in [2.45, 2.75) is 33.0 Å². The largest absolute Gasteiger partial charge is 0.475 e. The highest BCUT2D eigenvalue weighted by Gasteiger charge is 2.01. The van der Waals surface area contributed by atoms with E-state index in [4.69, 9.17) is 4.74 Å². The maximum atomic E-state index is 5.53. The first-order valence-electron chi connectivity index (χ1n) is 7.84. The van der Waals surface area contributed by atoms with Crippen LogP contribution in [0.3, 0.4) is 0 Å². The van der Waals surface area contributed by atoms with Gasteiger partial charge < -0.3 is 19.9 Å². The molecule has 0 saturated carbocycles. The summed E-state index contributed by atoms with van der Waals surface area (Å²) in [6.07, 6.45) is 6.04. The normalized spacial score (nSPS) is 11.1. The van der Waals surface area contributed by atoms with Crippen LogP contribution >= 0.6 is 24.0 Å². The highest BCUT2D eigenvalue weighted by molar-refractivity contribution is 14.0. The second-order valence-electron chi connectivity index (χ2n) is 5.44. The molecule has 2 aromatic heterocycles. The van der Waals surface area contributed by atoms with Gasteiger partial charge in [0.25, 0.3) is 0 Å². The van der Waals surface area contributed by atoms with Crippen LogP contribution < -0.4 is 15.4 Å². The Morgan fingerprint density at radius 2 is 2.00 bits per heavy atom. The zero-order valence-electron chi connectivity index (χ0n) is 14.4. The van der Waals surface area contributed by atoms with Crippen LogP contribution in [0.5, 0.6) is 5.88 Å². The van der Waals surface area contributed by atoms with Crippen molar-refractivity contribution in [3.8, 4) is 5.88 Å². The number of hydrogen-bond donors (Lipinski definition) is 2. The molecule has 0 spiro atoms.